The highest BCUT2D eigenvalue weighted by molar-refractivity contribution is 5.77. The van der Waals surface area contributed by atoms with E-state index in [0.717, 1.165) is 12.1 Å². The average Bonchev–Trinajstić information content (AvgIpc) is 2.82. The van der Waals surface area contributed by atoms with Crippen molar-refractivity contribution in [3.63, 3.8) is 0 Å². The van der Waals surface area contributed by atoms with Gasteiger partial charge < -0.3 is 14.6 Å². The highest BCUT2D eigenvalue weighted by Crippen LogP contribution is 2.33. The number of carbonyl (C=O) groups excluding carboxylic acids is 1. The van der Waals surface area contributed by atoms with E-state index in [-0.39, 0.29) is 24.1 Å². The first-order valence-corrected chi connectivity index (χ1v) is 6.76. The van der Waals surface area contributed by atoms with Crippen molar-refractivity contribution in [2.24, 2.45) is 0 Å². The number of aromatic nitrogens is 2. The highest BCUT2D eigenvalue weighted by Gasteiger charge is 2.32. The Kier molecular flexibility index (Phi) is 3.56. The maximum atomic E-state index is 12.8. The van der Waals surface area contributed by atoms with Crippen molar-refractivity contribution < 1.29 is 22.7 Å². The van der Waals surface area contributed by atoms with Crippen LogP contribution in [0.3, 0.4) is 0 Å². The Bertz CT molecular complexity index is 724. The summed E-state index contributed by atoms with van der Waals surface area (Å²) in [4.78, 5) is 15.3. The second-order valence-corrected chi connectivity index (χ2v) is 5.21. The van der Waals surface area contributed by atoms with E-state index in [9.17, 15) is 18.0 Å². The molecule has 118 valence electrons. The van der Waals surface area contributed by atoms with Gasteiger partial charge in [0.25, 0.3) is 0 Å². The van der Waals surface area contributed by atoms with Gasteiger partial charge in [0.05, 0.1) is 29.2 Å². The average molecular weight is 313 g/mol. The van der Waals surface area contributed by atoms with Crippen LogP contribution in [0.1, 0.15) is 24.4 Å². The molecule has 2 aromatic rings. The van der Waals surface area contributed by atoms with Crippen LogP contribution in [0, 0.1) is 0 Å². The number of nitrogens with zero attached hydrogens (tertiary/aromatic N) is 2. The molecule has 0 fully saturated rings. The van der Waals surface area contributed by atoms with Crippen LogP contribution in [0.15, 0.2) is 18.2 Å². The number of imidazole rings is 1. The van der Waals surface area contributed by atoms with E-state index in [2.05, 4.69) is 10.3 Å². The predicted molar refractivity (Wildman–Crippen MR) is 72.1 cm³/mol. The number of fused-ring (bicyclic) bond motifs is 3. The molecule has 0 unspecified atom stereocenters. The van der Waals surface area contributed by atoms with Gasteiger partial charge in [0.2, 0.25) is 5.91 Å². The standard InChI is InChI=1S/C14H14F3N3O2/c1-8(21)18-5-10-6-22-7-13-19-11-4-9(14(15,16)17)2-3-12(11)20(10)13/h2-4,10H,5-7H2,1H3,(H,18,21)/t10-/m0/s1. The topological polar surface area (TPSA) is 56.1 Å². The molecule has 0 saturated heterocycles. The third kappa shape index (κ3) is 2.66. The number of rotatable bonds is 2. The molecule has 2 heterocycles. The number of amides is 1. The number of nitrogens with one attached hydrogen (secondary N) is 1. The van der Waals surface area contributed by atoms with Gasteiger partial charge in [0.1, 0.15) is 12.4 Å². The van der Waals surface area contributed by atoms with Crippen molar-refractivity contribution in [3.05, 3.63) is 29.6 Å². The second kappa shape index (κ2) is 5.28. The van der Waals surface area contributed by atoms with Gasteiger partial charge in [-0.15, -0.1) is 0 Å². The van der Waals surface area contributed by atoms with Crippen LogP contribution in [0.5, 0.6) is 0 Å². The largest absolute Gasteiger partial charge is 0.416 e. The van der Waals surface area contributed by atoms with E-state index in [1.165, 1.54) is 13.0 Å². The second-order valence-electron chi connectivity index (χ2n) is 5.21. The SMILES string of the molecule is CC(=O)NC[C@H]1COCc2nc3cc(C(F)(F)F)ccc3n21. The Morgan fingerprint density at radius 2 is 2.27 bits per heavy atom. The van der Waals surface area contributed by atoms with Crippen molar-refractivity contribution in [2.45, 2.75) is 25.7 Å². The van der Waals surface area contributed by atoms with Crippen LogP contribution < -0.4 is 5.32 Å². The minimum Gasteiger partial charge on any atom is -0.371 e. The molecule has 0 saturated carbocycles. The first kappa shape index (κ1) is 14.8. The molecule has 0 radical (unpaired) electrons. The summed E-state index contributed by atoms with van der Waals surface area (Å²) in [5, 5.41) is 2.70. The molecule has 1 amide bonds. The van der Waals surface area contributed by atoms with Crippen LogP contribution in [0.2, 0.25) is 0 Å². The van der Waals surface area contributed by atoms with Gasteiger partial charge in [-0.25, -0.2) is 4.98 Å². The summed E-state index contributed by atoms with van der Waals surface area (Å²) >= 11 is 0. The molecular formula is C14H14F3N3O2. The van der Waals surface area contributed by atoms with E-state index < -0.39 is 11.7 Å². The van der Waals surface area contributed by atoms with E-state index in [1.807, 2.05) is 4.57 Å². The summed E-state index contributed by atoms with van der Waals surface area (Å²) in [6.07, 6.45) is -4.40. The van der Waals surface area contributed by atoms with Crippen LogP contribution in [0.25, 0.3) is 11.0 Å². The summed E-state index contributed by atoms with van der Waals surface area (Å²) in [5.74, 6) is 0.395. The summed E-state index contributed by atoms with van der Waals surface area (Å²) in [6.45, 7) is 2.37. The smallest absolute Gasteiger partial charge is 0.371 e. The Hall–Kier alpha value is -2.09. The number of hydrogen-bond donors (Lipinski definition) is 1. The normalized spacial score (nSPS) is 18.3. The van der Waals surface area contributed by atoms with Gasteiger partial charge in [-0.2, -0.15) is 13.2 Å². The van der Waals surface area contributed by atoms with Crippen LogP contribution in [-0.2, 0) is 22.3 Å². The van der Waals surface area contributed by atoms with Gasteiger partial charge in [-0.1, -0.05) is 0 Å². The third-order valence-corrected chi connectivity index (χ3v) is 3.58. The molecule has 1 aromatic carbocycles. The monoisotopic (exact) mass is 313 g/mol. The van der Waals surface area contributed by atoms with Crippen molar-refractivity contribution in [2.75, 3.05) is 13.2 Å². The van der Waals surface area contributed by atoms with E-state index in [1.54, 1.807) is 0 Å². The van der Waals surface area contributed by atoms with Crippen LogP contribution in [-0.4, -0.2) is 28.6 Å². The minimum atomic E-state index is -4.40. The zero-order valence-electron chi connectivity index (χ0n) is 11.8. The molecule has 22 heavy (non-hydrogen) atoms. The third-order valence-electron chi connectivity index (χ3n) is 3.58. The first-order valence-electron chi connectivity index (χ1n) is 6.76. The molecular weight excluding hydrogens is 299 g/mol. The zero-order chi connectivity index (χ0) is 15.9. The van der Waals surface area contributed by atoms with Crippen LogP contribution in [0.4, 0.5) is 13.2 Å². The molecule has 0 aliphatic carbocycles. The molecule has 1 atom stereocenters. The van der Waals surface area contributed by atoms with Gasteiger partial charge in [-0.3, -0.25) is 4.79 Å². The summed E-state index contributed by atoms with van der Waals surface area (Å²) in [7, 11) is 0. The first-order chi connectivity index (χ1) is 10.4. The fourth-order valence-corrected chi connectivity index (χ4v) is 2.61. The number of carbonyl (C=O) groups is 1. The summed E-state index contributed by atoms with van der Waals surface area (Å²) in [6, 6.07) is 3.31. The van der Waals surface area contributed by atoms with Gasteiger partial charge in [0, 0.05) is 13.5 Å². The molecule has 1 aliphatic rings. The van der Waals surface area contributed by atoms with Gasteiger partial charge >= 0.3 is 6.18 Å². The fourth-order valence-electron chi connectivity index (χ4n) is 2.61. The van der Waals surface area contributed by atoms with Crippen molar-refractivity contribution in [1.82, 2.24) is 14.9 Å². The molecule has 8 heteroatoms. The summed E-state index contributed by atoms with van der Waals surface area (Å²) in [5.41, 5.74) is 0.166. The van der Waals surface area contributed by atoms with E-state index in [4.69, 9.17) is 4.74 Å². The molecule has 1 aliphatic heterocycles. The van der Waals surface area contributed by atoms with Crippen molar-refractivity contribution in [3.8, 4) is 0 Å². The Morgan fingerprint density at radius 1 is 1.50 bits per heavy atom. The quantitative estimate of drug-likeness (QED) is 0.925. The lowest BCUT2D eigenvalue weighted by Crippen LogP contribution is -2.34. The Morgan fingerprint density at radius 3 is 2.95 bits per heavy atom. The maximum absolute atomic E-state index is 12.8. The molecule has 0 spiro atoms. The summed E-state index contributed by atoms with van der Waals surface area (Å²) < 4.78 is 45.6. The molecule has 1 N–H and O–H groups in total. The zero-order valence-corrected chi connectivity index (χ0v) is 11.8. The number of hydrogen-bond acceptors (Lipinski definition) is 3. The fraction of sp³-hybridized carbons (Fsp3) is 0.429. The highest BCUT2D eigenvalue weighted by atomic mass is 19.4. The lowest BCUT2D eigenvalue weighted by atomic mass is 10.2. The van der Waals surface area contributed by atoms with Crippen molar-refractivity contribution >= 4 is 16.9 Å². The lowest BCUT2D eigenvalue weighted by molar-refractivity contribution is -0.137. The number of alkyl halides is 3. The van der Waals surface area contributed by atoms with Gasteiger partial charge in [0.15, 0.2) is 0 Å². The Labute approximate surface area is 124 Å². The maximum Gasteiger partial charge on any atom is 0.416 e. The van der Waals surface area contributed by atoms with E-state index in [0.29, 0.717) is 24.5 Å². The van der Waals surface area contributed by atoms with Crippen molar-refractivity contribution in [1.29, 1.82) is 0 Å². The molecule has 3 rings (SSSR count). The molecule has 0 bridgehead atoms. The molecule has 5 nitrogen and oxygen atoms in total. The molecule has 1 aromatic heterocycles. The lowest BCUT2D eigenvalue weighted by Gasteiger charge is -2.26. The number of benzene rings is 1. The number of ether oxygens (including phenoxy) is 1. The predicted octanol–water partition coefficient (Wildman–Crippen LogP) is 2.26. The van der Waals surface area contributed by atoms with Gasteiger partial charge in [-0.05, 0) is 18.2 Å². The van der Waals surface area contributed by atoms with E-state index >= 15 is 0 Å². The Balaban J connectivity index is 2.02. The number of halogens is 3. The minimum absolute atomic E-state index is 0.170. The van der Waals surface area contributed by atoms with Crippen LogP contribution >= 0.6 is 0 Å².